The molecular weight excluding hydrogens is 336 g/mol. The Morgan fingerprint density at radius 3 is 1.75 bits per heavy atom. The first-order valence-electron chi connectivity index (χ1n) is 10.1. The maximum absolute atomic E-state index is 2.41. The summed E-state index contributed by atoms with van der Waals surface area (Å²) in [5, 5.41) is 0. The summed E-state index contributed by atoms with van der Waals surface area (Å²) in [4.78, 5) is 0. The van der Waals surface area contributed by atoms with Crippen molar-refractivity contribution >= 4 is 0 Å². The first-order valence-corrected chi connectivity index (χ1v) is 10.1. The summed E-state index contributed by atoms with van der Waals surface area (Å²) in [6.07, 6.45) is 1.21. The van der Waals surface area contributed by atoms with Crippen molar-refractivity contribution in [2.75, 3.05) is 0 Å². The molecule has 0 nitrogen and oxygen atoms in total. The molecule has 28 heavy (non-hydrogen) atoms. The largest absolute Gasteiger partial charge is 0.0622 e. The van der Waals surface area contributed by atoms with Gasteiger partial charge in [0.1, 0.15) is 0 Å². The van der Waals surface area contributed by atoms with Gasteiger partial charge in [0, 0.05) is 5.41 Å². The Balaban J connectivity index is 1.45. The van der Waals surface area contributed by atoms with Gasteiger partial charge in [-0.15, -0.1) is 0 Å². The fourth-order valence-electron chi connectivity index (χ4n) is 4.42. The molecular formula is C28H24. The van der Waals surface area contributed by atoms with Crippen molar-refractivity contribution in [1.29, 1.82) is 0 Å². The molecule has 0 N–H and O–H groups in total. The number of hydrogen-bond donors (Lipinski definition) is 0. The van der Waals surface area contributed by atoms with Gasteiger partial charge in [0.15, 0.2) is 0 Å². The molecule has 0 saturated heterocycles. The third-order valence-electron chi connectivity index (χ3n) is 6.26. The lowest BCUT2D eigenvalue weighted by molar-refractivity contribution is 0.749. The molecule has 136 valence electrons. The number of benzene rings is 4. The molecule has 1 saturated carbocycles. The van der Waals surface area contributed by atoms with E-state index in [1.54, 1.807) is 0 Å². The molecule has 4 aromatic rings. The Morgan fingerprint density at radius 2 is 1.11 bits per heavy atom. The van der Waals surface area contributed by atoms with Crippen molar-refractivity contribution in [3.8, 4) is 22.3 Å². The smallest absolute Gasteiger partial charge is 0.00000170 e. The lowest BCUT2D eigenvalue weighted by Gasteiger charge is -2.15. The minimum atomic E-state index is 0.222. The highest BCUT2D eigenvalue weighted by molar-refractivity contribution is 5.67. The molecule has 1 aliphatic rings. The van der Waals surface area contributed by atoms with Crippen LogP contribution in [0.3, 0.4) is 0 Å². The van der Waals surface area contributed by atoms with Crippen LogP contribution in [0.1, 0.15) is 30.4 Å². The summed E-state index contributed by atoms with van der Waals surface area (Å²) in [5.74, 6) is 0.585. The third-order valence-corrected chi connectivity index (χ3v) is 6.26. The molecule has 0 unspecified atom stereocenters. The molecule has 0 spiro atoms. The molecule has 1 fully saturated rings. The molecule has 5 rings (SSSR count). The van der Waals surface area contributed by atoms with Gasteiger partial charge in [-0.1, -0.05) is 116 Å². The second kappa shape index (κ2) is 6.80. The zero-order valence-corrected chi connectivity index (χ0v) is 16.2. The Morgan fingerprint density at radius 1 is 0.571 bits per heavy atom. The Labute approximate surface area is 167 Å². The van der Waals surface area contributed by atoms with E-state index in [4.69, 9.17) is 0 Å². The van der Waals surface area contributed by atoms with Crippen molar-refractivity contribution in [3.63, 3.8) is 0 Å². The Bertz CT molecular complexity index is 1090. The van der Waals surface area contributed by atoms with E-state index in [0.29, 0.717) is 5.92 Å². The summed E-state index contributed by atoms with van der Waals surface area (Å²) >= 11 is 0. The molecule has 0 heterocycles. The number of hydrogen-bond acceptors (Lipinski definition) is 0. The highest BCUT2D eigenvalue weighted by Crippen LogP contribution is 2.60. The fraction of sp³-hybridized carbons (Fsp3) is 0.143. The normalized spacial score (nSPS) is 20.7. The average Bonchev–Trinajstić information content (AvgIpc) is 3.48. The quantitative estimate of drug-likeness (QED) is 0.354. The average molecular weight is 361 g/mol. The lowest BCUT2D eigenvalue weighted by atomic mass is 9.89. The van der Waals surface area contributed by atoms with Gasteiger partial charge < -0.3 is 0 Å². The predicted octanol–water partition coefficient (Wildman–Crippen LogP) is 7.47. The van der Waals surface area contributed by atoms with Crippen LogP contribution in [0.2, 0.25) is 0 Å². The molecule has 0 aromatic heterocycles. The molecule has 0 bridgehead atoms. The summed E-state index contributed by atoms with van der Waals surface area (Å²) in [6, 6.07) is 39.6. The zero-order chi connectivity index (χ0) is 19.0. The summed E-state index contributed by atoms with van der Waals surface area (Å²) < 4.78 is 0. The van der Waals surface area contributed by atoms with Crippen molar-refractivity contribution in [1.82, 2.24) is 0 Å². The highest BCUT2D eigenvalue weighted by atomic mass is 14.5. The van der Waals surface area contributed by atoms with E-state index in [9.17, 15) is 0 Å². The summed E-state index contributed by atoms with van der Waals surface area (Å²) in [7, 11) is 0. The minimum Gasteiger partial charge on any atom is -0.0622 e. The lowest BCUT2D eigenvalue weighted by Crippen LogP contribution is -2.04. The number of rotatable bonds is 4. The second-order valence-corrected chi connectivity index (χ2v) is 8.11. The van der Waals surface area contributed by atoms with Crippen LogP contribution < -0.4 is 0 Å². The van der Waals surface area contributed by atoms with Crippen molar-refractivity contribution in [2.45, 2.75) is 24.7 Å². The molecule has 0 amide bonds. The van der Waals surface area contributed by atoms with Gasteiger partial charge in [0.2, 0.25) is 0 Å². The maximum atomic E-state index is 2.41. The van der Waals surface area contributed by atoms with E-state index in [-0.39, 0.29) is 5.41 Å². The standard InChI is InChI=1S/C28H24/c1-28(26-17-9-15-24(19-26)22-12-6-3-7-13-22)20-27(28)25-16-8-14-23(18-25)21-10-4-2-5-11-21/h2-19,27H,20H2,1H3/t27-,28+/m1/s1. The van der Waals surface area contributed by atoms with Crippen molar-refractivity contribution < 1.29 is 0 Å². The maximum Gasteiger partial charge on any atom is 0.00000170 e. The highest BCUT2D eigenvalue weighted by Gasteiger charge is 2.51. The van der Waals surface area contributed by atoms with E-state index in [0.717, 1.165) is 0 Å². The zero-order valence-electron chi connectivity index (χ0n) is 16.2. The molecule has 4 aromatic carbocycles. The van der Waals surface area contributed by atoms with Crippen LogP contribution in [0, 0.1) is 0 Å². The molecule has 1 aliphatic carbocycles. The summed E-state index contributed by atoms with van der Waals surface area (Å²) in [5.41, 5.74) is 8.32. The monoisotopic (exact) mass is 360 g/mol. The van der Waals surface area contributed by atoms with Gasteiger partial charge in [0.25, 0.3) is 0 Å². The fourth-order valence-corrected chi connectivity index (χ4v) is 4.42. The van der Waals surface area contributed by atoms with Crippen molar-refractivity contribution in [3.05, 3.63) is 120 Å². The minimum absolute atomic E-state index is 0.222. The van der Waals surface area contributed by atoms with Crippen molar-refractivity contribution in [2.24, 2.45) is 0 Å². The predicted molar refractivity (Wildman–Crippen MR) is 118 cm³/mol. The molecule has 0 aliphatic heterocycles. The third kappa shape index (κ3) is 3.05. The van der Waals surface area contributed by atoms with E-state index in [1.807, 2.05) is 0 Å². The molecule has 2 atom stereocenters. The summed E-state index contributed by atoms with van der Waals surface area (Å²) in [6.45, 7) is 2.41. The van der Waals surface area contributed by atoms with Crippen LogP contribution in [0.15, 0.2) is 109 Å². The van der Waals surface area contributed by atoms with Crippen LogP contribution >= 0.6 is 0 Å². The second-order valence-electron chi connectivity index (χ2n) is 8.11. The van der Waals surface area contributed by atoms with E-state index >= 15 is 0 Å². The van der Waals surface area contributed by atoms with Gasteiger partial charge in [0.05, 0.1) is 0 Å². The van der Waals surface area contributed by atoms with E-state index in [2.05, 4.69) is 116 Å². The topological polar surface area (TPSA) is 0 Å². The van der Waals surface area contributed by atoms with Crippen LogP contribution in [0.4, 0.5) is 0 Å². The molecule has 0 heteroatoms. The first kappa shape index (κ1) is 17.0. The van der Waals surface area contributed by atoms with Gasteiger partial charge >= 0.3 is 0 Å². The van der Waals surface area contributed by atoms with Crippen LogP contribution in [0.25, 0.3) is 22.3 Å². The Kier molecular flexibility index (Phi) is 4.13. The van der Waals surface area contributed by atoms with E-state index < -0.39 is 0 Å². The SMILES string of the molecule is C[C@@]1(c2cccc(-c3ccccc3)c2)C[C@@H]1c1cccc(-c2ccccc2)c1. The van der Waals surface area contributed by atoms with Crippen LogP contribution in [-0.2, 0) is 5.41 Å². The van der Waals surface area contributed by atoms with Crippen LogP contribution in [-0.4, -0.2) is 0 Å². The van der Waals surface area contributed by atoms with Gasteiger partial charge in [-0.05, 0) is 45.7 Å². The van der Waals surface area contributed by atoms with Gasteiger partial charge in [-0.2, -0.15) is 0 Å². The van der Waals surface area contributed by atoms with Crippen LogP contribution in [0.5, 0.6) is 0 Å². The van der Waals surface area contributed by atoms with Gasteiger partial charge in [-0.3, -0.25) is 0 Å². The first-order chi connectivity index (χ1) is 13.7. The molecule has 0 radical (unpaired) electrons. The van der Waals surface area contributed by atoms with E-state index in [1.165, 1.54) is 39.8 Å². The van der Waals surface area contributed by atoms with Gasteiger partial charge in [-0.25, -0.2) is 0 Å². The Hall–Kier alpha value is -3.12.